The summed E-state index contributed by atoms with van der Waals surface area (Å²) in [7, 11) is 0. The summed E-state index contributed by atoms with van der Waals surface area (Å²) in [6.45, 7) is 0. The molecule has 0 fully saturated rings. The van der Waals surface area contributed by atoms with Crippen LogP contribution in [0, 0.1) is 0 Å². The fourth-order valence-electron chi connectivity index (χ4n) is 8.73. The summed E-state index contributed by atoms with van der Waals surface area (Å²) in [5, 5.41) is 9.24. The van der Waals surface area contributed by atoms with Crippen molar-refractivity contribution in [3.05, 3.63) is 152 Å². The number of hydrogen-bond donors (Lipinski definition) is 0. The van der Waals surface area contributed by atoms with Crippen LogP contribution in [0.25, 0.3) is 116 Å². The highest BCUT2D eigenvalue weighted by Crippen LogP contribution is 2.50. The van der Waals surface area contributed by atoms with Crippen LogP contribution >= 0.6 is 0 Å². The number of benzene rings is 8. The van der Waals surface area contributed by atoms with Gasteiger partial charge < -0.3 is 13.4 Å². The highest BCUT2D eigenvalue weighted by atomic mass is 16.3. The molecule has 1 aliphatic carbocycles. The van der Waals surface area contributed by atoms with Gasteiger partial charge in [-0.3, -0.25) is 0 Å². The summed E-state index contributed by atoms with van der Waals surface area (Å²) in [5.74, 6) is 0. The molecule has 0 amide bonds. The van der Waals surface area contributed by atoms with Crippen LogP contribution in [-0.2, 0) is 0 Å². The molecule has 3 aromatic heterocycles. The first-order chi connectivity index (χ1) is 24.3. The van der Waals surface area contributed by atoms with Gasteiger partial charge in [0.1, 0.15) is 22.3 Å². The lowest BCUT2D eigenvalue weighted by molar-refractivity contribution is 0.667. The van der Waals surface area contributed by atoms with Gasteiger partial charge in [-0.25, -0.2) is 0 Å². The maximum atomic E-state index is 6.82. The number of hydrogen-bond acceptors (Lipinski definition) is 2. The quantitative estimate of drug-likeness (QED) is 0.192. The van der Waals surface area contributed by atoms with Crippen LogP contribution in [0.15, 0.2) is 160 Å². The zero-order valence-corrected chi connectivity index (χ0v) is 26.2. The fourth-order valence-corrected chi connectivity index (χ4v) is 8.73. The van der Waals surface area contributed by atoms with E-state index in [1.807, 2.05) is 12.1 Å². The van der Waals surface area contributed by atoms with Crippen LogP contribution < -0.4 is 0 Å². The molecule has 1 aliphatic rings. The van der Waals surface area contributed by atoms with Gasteiger partial charge in [0.05, 0.1) is 10.9 Å². The molecule has 0 saturated carbocycles. The fraction of sp³-hybridized carbons (Fsp3) is 0. The van der Waals surface area contributed by atoms with E-state index in [4.69, 9.17) is 8.83 Å². The highest BCUT2D eigenvalue weighted by Gasteiger charge is 2.27. The second-order valence-electron chi connectivity index (χ2n) is 13.2. The standard InChI is InChI=1S/C46H25NO2/c1-2-11-30-29(10-1)32-16-9-15-31-28(24-25-33(30)40(31)32)26-20-22-27(23-21-26)47-37-17-6-3-12-34(37)43-44(47)46-42(36-14-5-8-19-39(36)49-46)41-35-13-4-7-18-38(35)48-45(41)43/h1-25H. The minimum atomic E-state index is 0.873. The summed E-state index contributed by atoms with van der Waals surface area (Å²) >= 11 is 0. The molecule has 0 radical (unpaired) electrons. The Morgan fingerprint density at radius 1 is 0.347 bits per heavy atom. The van der Waals surface area contributed by atoms with Crippen molar-refractivity contribution < 1.29 is 8.83 Å². The highest BCUT2D eigenvalue weighted by molar-refractivity contribution is 6.38. The molecule has 49 heavy (non-hydrogen) atoms. The van der Waals surface area contributed by atoms with Crippen molar-refractivity contribution in [1.29, 1.82) is 0 Å². The molecular formula is C46H25NO2. The van der Waals surface area contributed by atoms with Crippen LogP contribution in [0.3, 0.4) is 0 Å². The summed E-state index contributed by atoms with van der Waals surface area (Å²) < 4.78 is 15.9. The number of rotatable bonds is 2. The average Bonchev–Trinajstić information content (AvgIpc) is 3.91. The first-order valence-electron chi connectivity index (χ1n) is 16.8. The van der Waals surface area contributed by atoms with Gasteiger partial charge in [0.2, 0.25) is 0 Å². The Morgan fingerprint density at radius 2 is 0.898 bits per heavy atom. The van der Waals surface area contributed by atoms with Gasteiger partial charge in [-0.05, 0) is 74.5 Å². The van der Waals surface area contributed by atoms with E-state index in [9.17, 15) is 0 Å². The van der Waals surface area contributed by atoms with Crippen molar-refractivity contribution in [2.24, 2.45) is 0 Å². The minimum Gasteiger partial charge on any atom is -0.455 e. The van der Waals surface area contributed by atoms with Crippen LogP contribution in [0.4, 0.5) is 0 Å². The van der Waals surface area contributed by atoms with E-state index < -0.39 is 0 Å². The maximum Gasteiger partial charge on any atom is 0.160 e. The molecule has 0 aliphatic heterocycles. The Labute approximate surface area is 279 Å². The summed E-state index contributed by atoms with van der Waals surface area (Å²) in [6.07, 6.45) is 0. The molecule has 3 heterocycles. The normalized spacial score (nSPS) is 12.5. The zero-order chi connectivity index (χ0) is 31.8. The number of nitrogens with zero attached hydrogens (tertiary/aromatic N) is 1. The maximum absolute atomic E-state index is 6.82. The van der Waals surface area contributed by atoms with Crippen molar-refractivity contribution in [3.63, 3.8) is 0 Å². The van der Waals surface area contributed by atoms with Gasteiger partial charge in [0, 0.05) is 32.6 Å². The van der Waals surface area contributed by atoms with E-state index in [1.54, 1.807) is 0 Å². The molecule has 0 bridgehead atoms. The molecule has 3 nitrogen and oxygen atoms in total. The number of furan rings is 2. The lowest BCUT2D eigenvalue weighted by Crippen LogP contribution is -1.94. The molecule has 0 N–H and O–H groups in total. The lowest BCUT2D eigenvalue weighted by Gasteiger charge is -2.12. The van der Waals surface area contributed by atoms with Crippen molar-refractivity contribution in [1.82, 2.24) is 4.57 Å². The summed E-state index contributed by atoms with van der Waals surface area (Å²) in [5.41, 5.74) is 14.4. The topological polar surface area (TPSA) is 31.2 Å². The Hall–Kier alpha value is -6.58. The first kappa shape index (κ1) is 25.5. The second kappa shape index (κ2) is 9.06. The Kier molecular flexibility index (Phi) is 4.72. The SMILES string of the molecule is c1ccc2c(c1)-c1cccc3c(-c4ccc(-n5c6ccccc6c6c7oc8ccccc8c7c7c8ccccc8oc7c65)cc4)ccc-2c13. The Morgan fingerprint density at radius 3 is 1.65 bits per heavy atom. The first-order valence-corrected chi connectivity index (χ1v) is 16.8. The molecule has 11 aromatic rings. The molecule has 0 saturated heterocycles. The summed E-state index contributed by atoms with van der Waals surface area (Å²) in [4.78, 5) is 0. The third-order valence-corrected chi connectivity index (χ3v) is 10.7. The Balaban J connectivity index is 1.15. The predicted octanol–water partition coefficient (Wildman–Crippen LogP) is 13.1. The molecule has 12 rings (SSSR count). The van der Waals surface area contributed by atoms with E-state index in [1.165, 1.54) is 44.2 Å². The predicted molar refractivity (Wildman–Crippen MR) is 203 cm³/mol. The van der Waals surface area contributed by atoms with Crippen LogP contribution in [-0.4, -0.2) is 4.57 Å². The van der Waals surface area contributed by atoms with E-state index in [0.717, 1.165) is 71.4 Å². The number of para-hydroxylation sites is 3. The van der Waals surface area contributed by atoms with Gasteiger partial charge >= 0.3 is 0 Å². The van der Waals surface area contributed by atoms with E-state index in [0.29, 0.717) is 0 Å². The average molecular weight is 624 g/mol. The van der Waals surface area contributed by atoms with Crippen LogP contribution in [0.1, 0.15) is 0 Å². The van der Waals surface area contributed by atoms with Gasteiger partial charge in [0.15, 0.2) is 5.58 Å². The van der Waals surface area contributed by atoms with Gasteiger partial charge in [-0.2, -0.15) is 0 Å². The van der Waals surface area contributed by atoms with Crippen molar-refractivity contribution in [3.8, 4) is 39.1 Å². The van der Waals surface area contributed by atoms with E-state index in [-0.39, 0.29) is 0 Å². The zero-order valence-electron chi connectivity index (χ0n) is 26.2. The second-order valence-corrected chi connectivity index (χ2v) is 13.2. The van der Waals surface area contributed by atoms with Crippen LogP contribution in [0.5, 0.6) is 0 Å². The molecule has 0 atom stereocenters. The van der Waals surface area contributed by atoms with Crippen molar-refractivity contribution >= 4 is 76.5 Å². The van der Waals surface area contributed by atoms with Crippen molar-refractivity contribution in [2.45, 2.75) is 0 Å². The van der Waals surface area contributed by atoms with Gasteiger partial charge in [0.25, 0.3) is 0 Å². The molecule has 8 aromatic carbocycles. The smallest absolute Gasteiger partial charge is 0.160 e. The van der Waals surface area contributed by atoms with E-state index >= 15 is 0 Å². The van der Waals surface area contributed by atoms with Gasteiger partial charge in [-0.15, -0.1) is 0 Å². The van der Waals surface area contributed by atoms with Gasteiger partial charge in [-0.1, -0.05) is 121 Å². The Bertz CT molecular complexity index is 3180. The number of fused-ring (bicyclic) bond motifs is 15. The van der Waals surface area contributed by atoms with E-state index in [2.05, 4.69) is 144 Å². The van der Waals surface area contributed by atoms with Crippen LogP contribution in [0.2, 0.25) is 0 Å². The molecule has 226 valence electrons. The minimum absolute atomic E-state index is 0.873. The largest absolute Gasteiger partial charge is 0.455 e. The lowest BCUT2D eigenvalue weighted by atomic mass is 9.94. The van der Waals surface area contributed by atoms with Crippen molar-refractivity contribution in [2.75, 3.05) is 0 Å². The molecular weight excluding hydrogens is 599 g/mol. The monoisotopic (exact) mass is 623 g/mol. The molecule has 0 unspecified atom stereocenters. The molecule has 3 heteroatoms. The third-order valence-electron chi connectivity index (χ3n) is 10.7. The number of aromatic nitrogens is 1. The third kappa shape index (κ3) is 3.17. The summed E-state index contributed by atoms with van der Waals surface area (Å²) in [6, 6.07) is 54.4. The molecule has 0 spiro atoms.